The van der Waals surface area contributed by atoms with Crippen LogP contribution < -0.4 is 10.2 Å². The van der Waals surface area contributed by atoms with Gasteiger partial charge in [-0.25, -0.2) is 9.78 Å². The zero-order chi connectivity index (χ0) is 12.7. The summed E-state index contributed by atoms with van der Waals surface area (Å²) in [6, 6.07) is 3.14. The number of nitrogens with zero attached hydrogens (tertiary/aromatic N) is 3. The van der Waals surface area contributed by atoms with E-state index in [0.717, 1.165) is 0 Å². The summed E-state index contributed by atoms with van der Waals surface area (Å²) in [6.07, 6.45) is 1.67. The molecular weight excluding hydrogens is 256 g/mol. The van der Waals surface area contributed by atoms with Crippen LogP contribution in [-0.4, -0.2) is 47.5 Å². The number of anilines is 1. The molecule has 3 amide bonds. The van der Waals surface area contributed by atoms with E-state index in [2.05, 4.69) is 10.3 Å². The maximum atomic E-state index is 11.5. The van der Waals surface area contributed by atoms with Crippen molar-refractivity contribution in [2.45, 2.75) is 6.04 Å². The van der Waals surface area contributed by atoms with Crippen molar-refractivity contribution in [2.24, 2.45) is 0 Å². The van der Waals surface area contributed by atoms with Crippen molar-refractivity contribution in [1.82, 2.24) is 15.2 Å². The molecule has 0 atom stereocenters. The molecule has 0 aromatic carbocycles. The number of aromatic nitrogens is 1. The van der Waals surface area contributed by atoms with E-state index in [4.69, 9.17) is 11.6 Å². The van der Waals surface area contributed by atoms with Crippen LogP contribution in [0.1, 0.15) is 0 Å². The van der Waals surface area contributed by atoms with Crippen molar-refractivity contribution < 1.29 is 9.59 Å². The SMILES string of the molecule is O=C1CNC(=O)N1C1CN(c2ncccc2Cl)C1. The molecule has 18 heavy (non-hydrogen) atoms. The molecule has 7 heteroatoms. The van der Waals surface area contributed by atoms with Gasteiger partial charge in [0.25, 0.3) is 0 Å². The number of pyridine rings is 1. The molecule has 0 bridgehead atoms. The van der Waals surface area contributed by atoms with Gasteiger partial charge < -0.3 is 10.2 Å². The molecule has 1 aromatic rings. The first-order valence-corrected chi connectivity index (χ1v) is 6.00. The van der Waals surface area contributed by atoms with Crippen LogP contribution >= 0.6 is 11.6 Å². The maximum absolute atomic E-state index is 11.5. The van der Waals surface area contributed by atoms with Crippen molar-refractivity contribution >= 4 is 29.4 Å². The van der Waals surface area contributed by atoms with E-state index in [9.17, 15) is 9.59 Å². The number of hydrogen-bond acceptors (Lipinski definition) is 4. The molecule has 2 fully saturated rings. The van der Waals surface area contributed by atoms with Crippen molar-refractivity contribution in [2.75, 3.05) is 24.5 Å². The molecular formula is C11H11ClN4O2. The Labute approximate surface area is 109 Å². The number of carbonyl (C=O) groups is 2. The predicted molar refractivity (Wildman–Crippen MR) is 65.5 cm³/mol. The smallest absolute Gasteiger partial charge is 0.324 e. The molecule has 0 radical (unpaired) electrons. The number of hydrogen-bond donors (Lipinski definition) is 1. The van der Waals surface area contributed by atoms with Crippen LogP contribution in [0.4, 0.5) is 10.6 Å². The van der Waals surface area contributed by atoms with Gasteiger partial charge in [-0.05, 0) is 12.1 Å². The van der Waals surface area contributed by atoms with Gasteiger partial charge in [-0.1, -0.05) is 11.6 Å². The molecule has 2 aliphatic heterocycles. The minimum Gasteiger partial charge on any atom is -0.351 e. The third-order valence-corrected chi connectivity index (χ3v) is 3.44. The second kappa shape index (κ2) is 4.13. The van der Waals surface area contributed by atoms with Crippen LogP contribution in [0, 0.1) is 0 Å². The van der Waals surface area contributed by atoms with Crippen LogP contribution in [-0.2, 0) is 4.79 Å². The van der Waals surface area contributed by atoms with E-state index in [1.807, 2.05) is 4.90 Å². The Hall–Kier alpha value is -1.82. The molecule has 0 spiro atoms. The zero-order valence-electron chi connectivity index (χ0n) is 9.47. The number of amides is 3. The Balaban J connectivity index is 1.69. The lowest BCUT2D eigenvalue weighted by molar-refractivity contribution is -0.126. The fourth-order valence-corrected chi connectivity index (χ4v) is 2.45. The largest absolute Gasteiger partial charge is 0.351 e. The van der Waals surface area contributed by atoms with Gasteiger partial charge in [-0.2, -0.15) is 0 Å². The molecule has 0 saturated carbocycles. The number of urea groups is 1. The fourth-order valence-electron chi connectivity index (χ4n) is 2.21. The lowest BCUT2D eigenvalue weighted by Crippen LogP contribution is -2.61. The van der Waals surface area contributed by atoms with Crippen LogP contribution in [0.15, 0.2) is 18.3 Å². The van der Waals surface area contributed by atoms with E-state index in [-0.39, 0.29) is 24.5 Å². The summed E-state index contributed by atoms with van der Waals surface area (Å²) in [6.45, 7) is 1.26. The average molecular weight is 267 g/mol. The molecule has 1 N–H and O–H groups in total. The maximum Gasteiger partial charge on any atom is 0.324 e. The lowest BCUT2D eigenvalue weighted by Gasteiger charge is -2.43. The van der Waals surface area contributed by atoms with Gasteiger partial charge in [0.2, 0.25) is 5.91 Å². The summed E-state index contributed by atoms with van der Waals surface area (Å²) in [5, 5.41) is 3.09. The Bertz CT molecular complexity index is 500. The number of nitrogens with one attached hydrogen (secondary N) is 1. The fraction of sp³-hybridized carbons (Fsp3) is 0.364. The molecule has 0 aliphatic carbocycles. The highest BCUT2D eigenvalue weighted by molar-refractivity contribution is 6.32. The van der Waals surface area contributed by atoms with Crippen molar-refractivity contribution in [1.29, 1.82) is 0 Å². The minimum absolute atomic E-state index is 0.0851. The van der Waals surface area contributed by atoms with E-state index >= 15 is 0 Å². The number of halogens is 1. The molecule has 3 rings (SSSR count). The van der Waals surface area contributed by atoms with Gasteiger partial charge in [0.05, 0.1) is 17.6 Å². The molecule has 1 aromatic heterocycles. The molecule has 3 heterocycles. The first kappa shape index (κ1) is 11.3. The Kier molecular flexibility index (Phi) is 2.59. The Morgan fingerprint density at radius 1 is 1.39 bits per heavy atom. The van der Waals surface area contributed by atoms with E-state index in [1.165, 1.54) is 4.90 Å². The van der Waals surface area contributed by atoms with Crippen LogP contribution in [0.25, 0.3) is 0 Å². The normalized spacial score (nSPS) is 20.1. The summed E-state index contributed by atoms with van der Waals surface area (Å²) in [5.74, 6) is 0.527. The highest BCUT2D eigenvalue weighted by atomic mass is 35.5. The van der Waals surface area contributed by atoms with Gasteiger partial charge in [-0.3, -0.25) is 9.69 Å². The van der Waals surface area contributed by atoms with Crippen LogP contribution in [0.2, 0.25) is 5.02 Å². The zero-order valence-corrected chi connectivity index (χ0v) is 10.2. The van der Waals surface area contributed by atoms with Gasteiger partial charge in [0.1, 0.15) is 5.82 Å². The van der Waals surface area contributed by atoms with E-state index in [1.54, 1.807) is 18.3 Å². The monoisotopic (exact) mass is 266 g/mol. The summed E-state index contributed by atoms with van der Waals surface area (Å²) in [7, 11) is 0. The molecule has 6 nitrogen and oxygen atoms in total. The molecule has 94 valence electrons. The van der Waals surface area contributed by atoms with Crippen LogP contribution in [0.5, 0.6) is 0 Å². The molecule has 0 unspecified atom stereocenters. The highest BCUT2D eigenvalue weighted by Gasteiger charge is 2.42. The first-order chi connectivity index (χ1) is 8.66. The summed E-state index contributed by atoms with van der Waals surface area (Å²) in [5.41, 5.74) is 0. The second-order valence-corrected chi connectivity index (χ2v) is 4.70. The van der Waals surface area contributed by atoms with Gasteiger partial charge in [-0.15, -0.1) is 0 Å². The molecule has 2 saturated heterocycles. The molecule has 2 aliphatic rings. The summed E-state index contributed by atoms with van der Waals surface area (Å²) < 4.78 is 0. The highest BCUT2D eigenvalue weighted by Crippen LogP contribution is 2.28. The van der Waals surface area contributed by atoms with E-state index in [0.29, 0.717) is 23.9 Å². The standard InChI is InChI=1S/C11H11ClN4O2/c12-8-2-1-3-13-10(8)15-5-7(6-15)16-9(17)4-14-11(16)18/h1-3,7H,4-6H2,(H,14,18). The van der Waals surface area contributed by atoms with Crippen LogP contribution in [0.3, 0.4) is 0 Å². The van der Waals surface area contributed by atoms with Gasteiger partial charge in [0, 0.05) is 19.3 Å². The van der Waals surface area contributed by atoms with Gasteiger partial charge in [0.15, 0.2) is 0 Å². The lowest BCUT2D eigenvalue weighted by atomic mass is 10.1. The summed E-state index contributed by atoms with van der Waals surface area (Å²) in [4.78, 5) is 30.4. The first-order valence-electron chi connectivity index (χ1n) is 5.62. The minimum atomic E-state index is -0.309. The third kappa shape index (κ3) is 1.69. The van der Waals surface area contributed by atoms with Crippen molar-refractivity contribution in [3.05, 3.63) is 23.4 Å². The predicted octanol–water partition coefficient (Wildman–Crippen LogP) is 0.475. The number of imide groups is 1. The Morgan fingerprint density at radius 3 is 2.78 bits per heavy atom. The third-order valence-electron chi connectivity index (χ3n) is 3.14. The van der Waals surface area contributed by atoms with Gasteiger partial charge >= 0.3 is 6.03 Å². The van der Waals surface area contributed by atoms with Crippen molar-refractivity contribution in [3.63, 3.8) is 0 Å². The quantitative estimate of drug-likeness (QED) is 0.791. The topological polar surface area (TPSA) is 65.5 Å². The summed E-state index contributed by atoms with van der Waals surface area (Å²) >= 11 is 6.03. The Morgan fingerprint density at radius 2 is 2.17 bits per heavy atom. The second-order valence-electron chi connectivity index (χ2n) is 4.29. The number of rotatable bonds is 2. The van der Waals surface area contributed by atoms with Crippen molar-refractivity contribution in [3.8, 4) is 0 Å². The number of carbonyl (C=O) groups excluding carboxylic acids is 2. The van der Waals surface area contributed by atoms with E-state index < -0.39 is 0 Å². The average Bonchev–Trinajstić information content (AvgIpc) is 2.61.